The predicted molar refractivity (Wildman–Crippen MR) is 111 cm³/mol. The van der Waals surface area contributed by atoms with E-state index in [9.17, 15) is 22.4 Å². The molecule has 6 nitrogen and oxygen atoms in total. The van der Waals surface area contributed by atoms with E-state index in [1.54, 1.807) is 30.3 Å². The van der Waals surface area contributed by atoms with Gasteiger partial charge in [0.05, 0.1) is 4.90 Å². The SMILES string of the molecule is CC(=O)c1ccc(S(=O)(=O)NCc2ccc(C(=O)Nc3cccc(F)c3)cc2)cc1. The third-order valence-electron chi connectivity index (χ3n) is 4.34. The normalized spacial score (nSPS) is 11.1. The minimum absolute atomic E-state index is 0.0303. The Morgan fingerprint density at radius 1 is 0.900 bits per heavy atom. The van der Waals surface area contributed by atoms with E-state index in [2.05, 4.69) is 10.0 Å². The number of benzene rings is 3. The molecule has 0 unspecified atom stereocenters. The Morgan fingerprint density at radius 2 is 1.53 bits per heavy atom. The van der Waals surface area contributed by atoms with E-state index in [4.69, 9.17) is 0 Å². The van der Waals surface area contributed by atoms with Crippen molar-refractivity contribution in [2.45, 2.75) is 18.4 Å². The lowest BCUT2D eigenvalue weighted by molar-refractivity contribution is 0.101. The van der Waals surface area contributed by atoms with Crippen LogP contribution in [0.25, 0.3) is 0 Å². The minimum atomic E-state index is -3.75. The highest BCUT2D eigenvalue weighted by Crippen LogP contribution is 2.14. The van der Waals surface area contributed by atoms with Crippen LogP contribution in [0.2, 0.25) is 0 Å². The standard InChI is InChI=1S/C22H19FN2O4S/c1-15(26)17-9-11-21(12-10-17)30(28,29)24-14-16-5-7-18(8-6-16)22(27)25-20-4-2-3-19(23)13-20/h2-13,24H,14H2,1H3,(H,25,27). The third kappa shape index (κ3) is 5.37. The lowest BCUT2D eigenvalue weighted by Crippen LogP contribution is -2.23. The molecule has 0 aliphatic carbocycles. The smallest absolute Gasteiger partial charge is 0.255 e. The lowest BCUT2D eigenvalue weighted by Gasteiger charge is -2.09. The fourth-order valence-corrected chi connectivity index (χ4v) is 3.69. The third-order valence-corrected chi connectivity index (χ3v) is 5.75. The first-order valence-corrected chi connectivity index (χ1v) is 10.5. The molecule has 0 bridgehead atoms. The Bertz CT molecular complexity index is 1170. The van der Waals surface area contributed by atoms with Crippen LogP contribution in [-0.4, -0.2) is 20.1 Å². The average Bonchev–Trinajstić information content (AvgIpc) is 2.73. The van der Waals surface area contributed by atoms with Crippen LogP contribution in [0.5, 0.6) is 0 Å². The van der Waals surface area contributed by atoms with Gasteiger partial charge in [0, 0.05) is 23.4 Å². The summed E-state index contributed by atoms with van der Waals surface area (Å²) in [6.07, 6.45) is 0. The highest BCUT2D eigenvalue weighted by Gasteiger charge is 2.14. The van der Waals surface area contributed by atoms with E-state index in [1.165, 1.54) is 49.4 Å². The molecule has 3 rings (SSSR count). The number of Topliss-reactive ketones (excluding diaryl/α,β-unsaturated/α-hetero) is 1. The predicted octanol–water partition coefficient (Wildman–Crippen LogP) is 3.76. The molecule has 0 saturated heterocycles. The molecule has 3 aromatic rings. The Kier molecular flexibility index (Phi) is 6.39. The van der Waals surface area contributed by atoms with Crippen LogP contribution in [0.4, 0.5) is 10.1 Å². The summed E-state index contributed by atoms with van der Waals surface area (Å²) < 4.78 is 40.5. The van der Waals surface area contributed by atoms with Gasteiger partial charge in [0.25, 0.3) is 5.91 Å². The Balaban J connectivity index is 1.62. The van der Waals surface area contributed by atoms with E-state index in [-0.39, 0.29) is 17.2 Å². The maximum atomic E-state index is 13.2. The molecule has 8 heteroatoms. The second kappa shape index (κ2) is 8.98. The fraction of sp³-hybridized carbons (Fsp3) is 0.0909. The van der Waals surface area contributed by atoms with Gasteiger partial charge in [-0.2, -0.15) is 0 Å². The summed E-state index contributed by atoms with van der Waals surface area (Å²) in [6.45, 7) is 1.44. The number of hydrogen-bond acceptors (Lipinski definition) is 4. The van der Waals surface area contributed by atoms with Crippen molar-refractivity contribution in [2.24, 2.45) is 0 Å². The highest BCUT2D eigenvalue weighted by molar-refractivity contribution is 7.89. The molecule has 1 amide bonds. The van der Waals surface area contributed by atoms with Crippen LogP contribution in [0.15, 0.2) is 77.7 Å². The van der Waals surface area contributed by atoms with Crippen molar-refractivity contribution in [1.29, 1.82) is 0 Å². The van der Waals surface area contributed by atoms with Gasteiger partial charge in [-0.3, -0.25) is 9.59 Å². The molecule has 0 aliphatic heterocycles. The number of ketones is 1. The number of carbonyl (C=O) groups excluding carboxylic acids is 2. The maximum absolute atomic E-state index is 13.2. The molecule has 0 fully saturated rings. The van der Waals surface area contributed by atoms with Crippen molar-refractivity contribution in [3.63, 3.8) is 0 Å². The van der Waals surface area contributed by atoms with Crippen LogP contribution in [-0.2, 0) is 16.6 Å². The van der Waals surface area contributed by atoms with Crippen LogP contribution >= 0.6 is 0 Å². The molecule has 0 saturated carbocycles. The zero-order valence-corrected chi connectivity index (χ0v) is 16.9. The van der Waals surface area contributed by atoms with Crippen molar-refractivity contribution in [2.75, 3.05) is 5.32 Å². The van der Waals surface area contributed by atoms with Crippen LogP contribution in [0.1, 0.15) is 33.2 Å². The van der Waals surface area contributed by atoms with Crippen molar-refractivity contribution in [3.8, 4) is 0 Å². The number of nitrogens with one attached hydrogen (secondary N) is 2. The van der Waals surface area contributed by atoms with Crippen molar-refractivity contribution < 1.29 is 22.4 Å². The van der Waals surface area contributed by atoms with Crippen molar-refractivity contribution in [1.82, 2.24) is 4.72 Å². The molecule has 3 aromatic carbocycles. The summed E-state index contributed by atoms with van der Waals surface area (Å²) in [5, 5.41) is 2.59. The van der Waals surface area contributed by atoms with Crippen molar-refractivity contribution in [3.05, 3.63) is 95.3 Å². The first kappa shape index (κ1) is 21.4. The molecule has 0 radical (unpaired) electrons. The van der Waals surface area contributed by atoms with Crippen LogP contribution in [0, 0.1) is 5.82 Å². The first-order chi connectivity index (χ1) is 14.2. The number of carbonyl (C=O) groups is 2. The molecule has 154 valence electrons. The summed E-state index contributed by atoms with van der Waals surface area (Å²) in [5.74, 6) is -1.00. The van der Waals surface area contributed by atoms with Gasteiger partial charge in [-0.05, 0) is 55.0 Å². The number of rotatable bonds is 7. The second-order valence-corrected chi connectivity index (χ2v) is 8.33. The van der Waals surface area contributed by atoms with Gasteiger partial charge in [0.15, 0.2) is 5.78 Å². The fourth-order valence-electron chi connectivity index (χ4n) is 2.67. The summed E-state index contributed by atoms with van der Waals surface area (Å²) in [6, 6.07) is 17.6. The largest absolute Gasteiger partial charge is 0.322 e. The summed E-state index contributed by atoms with van der Waals surface area (Å²) in [5.41, 5.74) is 1.78. The number of amides is 1. The van der Waals surface area contributed by atoms with Gasteiger partial charge in [0.2, 0.25) is 10.0 Å². The molecule has 30 heavy (non-hydrogen) atoms. The zero-order valence-electron chi connectivity index (χ0n) is 16.1. The van der Waals surface area contributed by atoms with E-state index < -0.39 is 21.7 Å². The van der Waals surface area contributed by atoms with E-state index in [1.807, 2.05) is 0 Å². The highest BCUT2D eigenvalue weighted by atomic mass is 32.2. The molecule has 0 aromatic heterocycles. The van der Waals surface area contributed by atoms with Gasteiger partial charge < -0.3 is 5.32 Å². The molecule has 0 spiro atoms. The van der Waals surface area contributed by atoms with Crippen LogP contribution < -0.4 is 10.0 Å². The lowest BCUT2D eigenvalue weighted by atomic mass is 10.1. The average molecular weight is 426 g/mol. The number of halogens is 1. The Labute approximate surface area is 173 Å². The minimum Gasteiger partial charge on any atom is -0.322 e. The van der Waals surface area contributed by atoms with Gasteiger partial charge in [-0.25, -0.2) is 17.5 Å². The molecular formula is C22H19FN2O4S. The number of sulfonamides is 1. The van der Waals surface area contributed by atoms with E-state index in [0.29, 0.717) is 22.4 Å². The van der Waals surface area contributed by atoms with Gasteiger partial charge in [-0.15, -0.1) is 0 Å². The van der Waals surface area contributed by atoms with E-state index >= 15 is 0 Å². The number of hydrogen-bond donors (Lipinski definition) is 2. The molecule has 0 aliphatic rings. The van der Waals surface area contributed by atoms with Gasteiger partial charge >= 0.3 is 0 Å². The van der Waals surface area contributed by atoms with Gasteiger partial charge in [-0.1, -0.05) is 30.3 Å². The van der Waals surface area contributed by atoms with Crippen LogP contribution in [0.3, 0.4) is 0 Å². The Morgan fingerprint density at radius 3 is 2.13 bits per heavy atom. The summed E-state index contributed by atoms with van der Waals surface area (Å²) >= 11 is 0. The molecule has 0 atom stereocenters. The quantitative estimate of drug-likeness (QED) is 0.563. The molecule has 2 N–H and O–H groups in total. The summed E-state index contributed by atoms with van der Waals surface area (Å²) in [7, 11) is -3.75. The molecule has 0 heterocycles. The maximum Gasteiger partial charge on any atom is 0.255 e. The zero-order chi connectivity index (χ0) is 21.7. The van der Waals surface area contributed by atoms with Gasteiger partial charge in [0.1, 0.15) is 5.82 Å². The van der Waals surface area contributed by atoms with Crippen molar-refractivity contribution >= 4 is 27.4 Å². The second-order valence-electron chi connectivity index (χ2n) is 6.57. The number of anilines is 1. The topological polar surface area (TPSA) is 92.3 Å². The Hall–Kier alpha value is -3.36. The molecular weight excluding hydrogens is 407 g/mol. The first-order valence-electron chi connectivity index (χ1n) is 9.01. The monoisotopic (exact) mass is 426 g/mol. The van der Waals surface area contributed by atoms with E-state index in [0.717, 1.165) is 0 Å². The summed E-state index contributed by atoms with van der Waals surface area (Å²) in [4.78, 5) is 23.6.